The molecular weight excluding hydrogens is 426 g/mol. The first kappa shape index (κ1) is 21.5. The van der Waals surface area contributed by atoms with E-state index < -0.39 is 0 Å². The lowest BCUT2D eigenvalue weighted by Gasteiger charge is -2.09. The van der Waals surface area contributed by atoms with Gasteiger partial charge < -0.3 is 0 Å². The van der Waals surface area contributed by atoms with E-state index in [-0.39, 0.29) is 11.9 Å². The number of rotatable bonds is 6. The molecule has 5 aromatic rings. The molecule has 8 nitrogen and oxygen atoms in total. The molecule has 1 amide bonds. The molecule has 0 aliphatic carbocycles. The molecule has 0 aliphatic rings. The molecule has 1 N–H and O–H groups in total. The van der Waals surface area contributed by atoms with Crippen LogP contribution in [0.5, 0.6) is 0 Å². The zero-order valence-electron chi connectivity index (χ0n) is 19.4. The van der Waals surface area contributed by atoms with Crippen molar-refractivity contribution >= 4 is 22.8 Å². The summed E-state index contributed by atoms with van der Waals surface area (Å²) in [6.45, 7) is 7.37. The third-order valence-electron chi connectivity index (χ3n) is 5.73. The maximum absolute atomic E-state index is 13.3. The standard InChI is InChI=1S/C26H25N7O/c1-4-32-15-22(18(3)30-32)24-13-21(20-7-5-6-8-23(20)28-24)25(34)29-26-27-16-33(31-26)14-19-11-9-17(2)10-12-19/h5-13,15-16H,4,14H2,1-3H3,(H,29,31,34). The number of para-hydroxylation sites is 1. The normalized spacial score (nSPS) is 11.1. The van der Waals surface area contributed by atoms with Crippen LogP contribution in [0.3, 0.4) is 0 Å². The molecule has 0 bridgehead atoms. The van der Waals surface area contributed by atoms with Crippen molar-refractivity contribution in [1.29, 1.82) is 0 Å². The van der Waals surface area contributed by atoms with Gasteiger partial charge in [-0.25, -0.2) is 14.6 Å². The Hall–Kier alpha value is -4.33. The average molecular weight is 452 g/mol. The second-order valence-corrected chi connectivity index (χ2v) is 8.26. The topological polar surface area (TPSA) is 90.5 Å². The van der Waals surface area contributed by atoms with E-state index >= 15 is 0 Å². The van der Waals surface area contributed by atoms with Crippen molar-refractivity contribution in [2.75, 3.05) is 5.32 Å². The lowest BCUT2D eigenvalue weighted by molar-refractivity contribution is 0.102. The summed E-state index contributed by atoms with van der Waals surface area (Å²) in [6, 6.07) is 17.7. The minimum atomic E-state index is -0.284. The zero-order chi connectivity index (χ0) is 23.7. The van der Waals surface area contributed by atoms with Crippen LogP contribution in [0, 0.1) is 13.8 Å². The third-order valence-corrected chi connectivity index (χ3v) is 5.73. The first-order valence-electron chi connectivity index (χ1n) is 11.2. The molecule has 0 radical (unpaired) electrons. The van der Waals surface area contributed by atoms with E-state index in [1.54, 1.807) is 11.0 Å². The van der Waals surface area contributed by atoms with Gasteiger partial charge in [-0.05, 0) is 38.5 Å². The molecule has 0 aliphatic heterocycles. The number of hydrogen-bond donors (Lipinski definition) is 1. The smallest absolute Gasteiger partial charge is 0.258 e. The fraction of sp³-hybridized carbons (Fsp3) is 0.192. The van der Waals surface area contributed by atoms with E-state index in [0.29, 0.717) is 17.8 Å². The van der Waals surface area contributed by atoms with Crippen LogP contribution >= 0.6 is 0 Å². The Morgan fingerprint density at radius 1 is 1.00 bits per heavy atom. The highest BCUT2D eigenvalue weighted by molar-refractivity contribution is 6.12. The number of hydrogen-bond acceptors (Lipinski definition) is 5. The molecule has 3 heterocycles. The molecule has 34 heavy (non-hydrogen) atoms. The van der Waals surface area contributed by atoms with Gasteiger partial charge in [0.2, 0.25) is 5.95 Å². The van der Waals surface area contributed by atoms with E-state index in [9.17, 15) is 4.79 Å². The van der Waals surface area contributed by atoms with E-state index in [0.717, 1.165) is 34.3 Å². The Morgan fingerprint density at radius 3 is 2.56 bits per heavy atom. The number of benzene rings is 2. The largest absolute Gasteiger partial charge is 0.289 e. The first-order valence-corrected chi connectivity index (χ1v) is 11.2. The van der Waals surface area contributed by atoms with Crippen molar-refractivity contribution in [3.8, 4) is 11.3 Å². The minimum Gasteiger partial charge on any atom is -0.289 e. The van der Waals surface area contributed by atoms with E-state index in [1.807, 2.05) is 55.1 Å². The Morgan fingerprint density at radius 2 is 1.79 bits per heavy atom. The van der Waals surface area contributed by atoms with E-state index in [1.165, 1.54) is 5.56 Å². The maximum Gasteiger partial charge on any atom is 0.258 e. The van der Waals surface area contributed by atoms with E-state index in [2.05, 4.69) is 51.7 Å². The van der Waals surface area contributed by atoms with Crippen LogP contribution in [-0.4, -0.2) is 35.4 Å². The fourth-order valence-electron chi connectivity index (χ4n) is 3.91. The molecule has 8 heteroatoms. The van der Waals surface area contributed by atoms with Gasteiger partial charge in [0.15, 0.2) is 0 Å². The molecule has 2 aromatic carbocycles. The van der Waals surface area contributed by atoms with E-state index in [4.69, 9.17) is 4.98 Å². The molecular formula is C26H25N7O. The number of carbonyl (C=O) groups excluding carboxylic acids is 1. The third kappa shape index (κ3) is 4.30. The Bertz CT molecular complexity index is 1480. The molecule has 0 spiro atoms. The van der Waals surface area contributed by atoms with Crippen molar-refractivity contribution in [3.63, 3.8) is 0 Å². The summed E-state index contributed by atoms with van der Waals surface area (Å²) in [5.41, 5.74) is 6.05. The molecule has 0 saturated carbocycles. The number of nitrogens with one attached hydrogen (secondary N) is 1. The predicted molar refractivity (Wildman–Crippen MR) is 132 cm³/mol. The summed E-state index contributed by atoms with van der Waals surface area (Å²) < 4.78 is 3.57. The summed E-state index contributed by atoms with van der Waals surface area (Å²) in [6.07, 6.45) is 3.58. The molecule has 0 unspecified atom stereocenters. The lowest BCUT2D eigenvalue weighted by Crippen LogP contribution is -2.14. The van der Waals surface area contributed by atoms with Crippen molar-refractivity contribution in [1.82, 2.24) is 29.5 Å². The summed E-state index contributed by atoms with van der Waals surface area (Å²) >= 11 is 0. The highest BCUT2D eigenvalue weighted by Gasteiger charge is 2.17. The average Bonchev–Trinajstić information content (AvgIpc) is 3.45. The predicted octanol–water partition coefficient (Wildman–Crippen LogP) is 4.63. The van der Waals surface area contributed by atoms with Gasteiger partial charge in [0.25, 0.3) is 5.91 Å². The molecule has 0 saturated heterocycles. The van der Waals surface area contributed by atoms with Crippen molar-refractivity contribution in [3.05, 3.63) is 89.5 Å². The van der Waals surface area contributed by atoms with Crippen LogP contribution in [0.25, 0.3) is 22.2 Å². The number of aryl methyl sites for hydroxylation is 3. The quantitative estimate of drug-likeness (QED) is 0.407. The van der Waals surface area contributed by atoms with Gasteiger partial charge in [0, 0.05) is 23.7 Å². The van der Waals surface area contributed by atoms with Crippen LogP contribution in [0.2, 0.25) is 0 Å². The molecule has 0 fully saturated rings. The summed E-state index contributed by atoms with van der Waals surface area (Å²) in [5, 5.41) is 12.6. The molecule has 0 atom stereocenters. The van der Waals surface area contributed by atoms with Gasteiger partial charge in [0.05, 0.1) is 29.0 Å². The fourth-order valence-corrected chi connectivity index (χ4v) is 3.91. The van der Waals surface area contributed by atoms with Crippen LogP contribution < -0.4 is 5.32 Å². The van der Waals surface area contributed by atoms with Crippen LogP contribution in [0.15, 0.2) is 67.1 Å². The Balaban J connectivity index is 1.44. The second kappa shape index (κ2) is 8.90. The van der Waals surface area contributed by atoms with Gasteiger partial charge >= 0.3 is 0 Å². The Kier molecular flexibility index (Phi) is 5.63. The molecule has 5 rings (SSSR count). The number of fused-ring (bicyclic) bond motifs is 1. The first-order chi connectivity index (χ1) is 16.5. The van der Waals surface area contributed by atoms with Crippen LogP contribution in [-0.2, 0) is 13.1 Å². The number of pyridine rings is 1. The minimum absolute atomic E-state index is 0.259. The van der Waals surface area contributed by atoms with Gasteiger partial charge in [0.1, 0.15) is 6.33 Å². The van der Waals surface area contributed by atoms with Crippen molar-refractivity contribution in [2.24, 2.45) is 0 Å². The molecule has 3 aromatic heterocycles. The van der Waals surface area contributed by atoms with Gasteiger partial charge in [-0.3, -0.25) is 14.8 Å². The summed E-state index contributed by atoms with van der Waals surface area (Å²) in [7, 11) is 0. The highest BCUT2D eigenvalue weighted by atomic mass is 16.1. The number of amides is 1. The van der Waals surface area contributed by atoms with Gasteiger partial charge in [-0.1, -0.05) is 48.0 Å². The summed E-state index contributed by atoms with van der Waals surface area (Å²) in [5.74, 6) is -0.0250. The SMILES string of the molecule is CCn1cc(-c2cc(C(=O)Nc3ncn(Cc4ccc(C)cc4)n3)c3ccccc3n2)c(C)n1. The summed E-state index contributed by atoms with van der Waals surface area (Å²) in [4.78, 5) is 22.4. The van der Waals surface area contributed by atoms with Gasteiger partial charge in [-0.15, -0.1) is 5.10 Å². The molecule has 170 valence electrons. The monoisotopic (exact) mass is 451 g/mol. The number of nitrogens with zero attached hydrogens (tertiary/aromatic N) is 6. The number of anilines is 1. The lowest BCUT2D eigenvalue weighted by atomic mass is 10.0. The Labute approximate surface area is 197 Å². The highest BCUT2D eigenvalue weighted by Crippen LogP contribution is 2.27. The zero-order valence-corrected chi connectivity index (χ0v) is 19.4. The van der Waals surface area contributed by atoms with Crippen LogP contribution in [0.4, 0.5) is 5.95 Å². The number of aromatic nitrogens is 6. The van der Waals surface area contributed by atoms with Crippen molar-refractivity contribution in [2.45, 2.75) is 33.9 Å². The second-order valence-electron chi connectivity index (χ2n) is 8.26. The van der Waals surface area contributed by atoms with Crippen molar-refractivity contribution < 1.29 is 4.79 Å². The number of carbonyl (C=O) groups is 1. The van der Waals surface area contributed by atoms with Gasteiger partial charge in [-0.2, -0.15) is 5.10 Å². The maximum atomic E-state index is 13.3. The van der Waals surface area contributed by atoms with Crippen LogP contribution in [0.1, 0.15) is 34.1 Å².